The number of rotatable bonds is 14. The number of hydrogen-bond donors (Lipinski definition) is 3. The van der Waals surface area contributed by atoms with Crippen LogP contribution in [0.1, 0.15) is 40.2 Å². The maximum atomic E-state index is 14.0. The molecule has 3 atom stereocenters. The Morgan fingerprint density at radius 3 is 2.35 bits per heavy atom. The second kappa shape index (κ2) is 15.2. The summed E-state index contributed by atoms with van der Waals surface area (Å²) >= 11 is 8.62. The molecule has 2 aromatic carbocycles. The summed E-state index contributed by atoms with van der Waals surface area (Å²) in [5.74, 6) is -1.32. The predicted molar refractivity (Wildman–Crippen MR) is 175 cm³/mol. The smallest absolute Gasteiger partial charge is 0.243 e. The van der Waals surface area contributed by atoms with Gasteiger partial charge in [0.2, 0.25) is 21.8 Å². The molecule has 0 bridgehead atoms. The molecule has 13 heteroatoms. The van der Waals surface area contributed by atoms with Crippen LogP contribution >= 0.6 is 34.7 Å². The Bertz CT molecular complexity index is 1490. The highest BCUT2D eigenvalue weighted by Gasteiger charge is 2.36. The summed E-state index contributed by atoms with van der Waals surface area (Å²) in [5, 5.41) is 17.2. The van der Waals surface area contributed by atoms with Gasteiger partial charge in [0.15, 0.2) is 4.34 Å². The number of hydrogen-bond acceptors (Lipinski definition) is 8. The lowest BCUT2D eigenvalue weighted by Gasteiger charge is -2.34. The van der Waals surface area contributed by atoms with E-state index in [1.165, 1.54) is 33.5 Å². The van der Waals surface area contributed by atoms with Crippen molar-refractivity contribution in [2.75, 3.05) is 25.2 Å². The number of sulfonamides is 1. The minimum atomic E-state index is -4.01. The van der Waals surface area contributed by atoms with Crippen LogP contribution in [-0.2, 0) is 26.0 Å². The first-order chi connectivity index (χ1) is 20.1. The van der Waals surface area contributed by atoms with Gasteiger partial charge in [-0.1, -0.05) is 76.7 Å². The molecule has 43 heavy (non-hydrogen) atoms. The number of aliphatic hydroxyl groups excluding tert-OH is 1. The first-order valence-electron chi connectivity index (χ1n) is 14.0. The van der Waals surface area contributed by atoms with Crippen molar-refractivity contribution < 1.29 is 23.1 Å². The van der Waals surface area contributed by atoms with E-state index in [0.29, 0.717) is 0 Å². The molecule has 0 unspecified atom stereocenters. The summed E-state index contributed by atoms with van der Waals surface area (Å²) in [7, 11) is -4.01. The van der Waals surface area contributed by atoms with Crippen molar-refractivity contribution in [3.05, 3.63) is 54.1 Å². The molecule has 9 nitrogen and oxygen atoms in total. The fraction of sp³-hybridized carbons (Fsp3) is 0.500. The number of aliphatic hydroxyl groups is 1. The van der Waals surface area contributed by atoms with Crippen molar-refractivity contribution in [3.63, 3.8) is 0 Å². The fourth-order valence-electron chi connectivity index (χ4n) is 4.59. The Kier molecular flexibility index (Phi) is 12.4. The first kappa shape index (κ1) is 35.3. The van der Waals surface area contributed by atoms with Crippen LogP contribution in [0.4, 0.5) is 0 Å². The number of nitrogens with zero attached hydrogens (tertiary/aromatic N) is 2. The van der Waals surface area contributed by atoms with Gasteiger partial charge in [-0.3, -0.25) is 9.59 Å². The van der Waals surface area contributed by atoms with E-state index >= 15 is 0 Å². The van der Waals surface area contributed by atoms with Crippen LogP contribution in [0.15, 0.2) is 57.8 Å². The normalized spacial score (nSPS) is 14.6. The highest BCUT2D eigenvalue weighted by atomic mass is 35.5. The van der Waals surface area contributed by atoms with E-state index in [2.05, 4.69) is 15.6 Å². The zero-order valence-corrected chi connectivity index (χ0v) is 28.5. The van der Waals surface area contributed by atoms with Gasteiger partial charge in [0, 0.05) is 13.1 Å². The van der Waals surface area contributed by atoms with E-state index < -0.39 is 45.4 Å². The van der Waals surface area contributed by atoms with Crippen molar-refractivity contribution in [1.29, 1.82) is 0 Å². The quantitative estimate of drug-likeness (QED) is 0.170. The Labute approximate surface area is 267 Å². The second-order valence-electron chi connectivity index (χ2n) is 11.9. The third kappa shape index (κ3) is 9.63. The van der Waals surface area contributed by atoms with Crippen molar-refractivity contribution in [2.24, 2.45) is 11.3 Å². The van der Waals surface area contributed by atoms with Gasteiger partial charge in [-0.25, -0.2) is 13.4 Å². The third-order valence-corrected chi connectivity index (χ3v) is 10.8. The largest absolute Gasteiger partial charge is 0.390 e. The van der Waals surface area contributed by atoms with Crippen molar-refractivity contribution >= 4 is 66.8 Å². The van der Waals surface area contributed by atoms with Crippen LogP contribution in [0.5, 0.6) is 0 Å². The van der Waals surface area contributed by atoms with E-state index in [1.54, 1.807) is 12.1 Å². The number of thioether (sulfide) groups is 1. The van der Waals surface area contributed by atoms with Crippen molar-refractivity contribution in [2.45, 2.75) is 68.5 Å². The van der Waals surface area contributed by atoms with Crippen LogP contribution in [0.3, 0.4) is 0 Å². The molecule has 3 N–H and O–H groups in total. The van der Waals surface area contributed by atoms with Crippen LogP contribution in [0, 0.1) is 11.3 Å². The van der Waals surface area contributed by atoms with Gasteiger partial charge >= 0.3 is 0 Å². The number of nitrogens with one attached hydrogen (secondary N) is 2. The number of carbonyl (C=O) groups is 2. The van der Waals surface area contributed by atoms with E-state index in [-0.39, 0.29) is 36.2 Å². The number of alkyl halides is 1. The van der Waals surface area contributed by atoms with E-state index in [9.17, 15) is 23.1 Å². The van der Waals surface area contributed by atoms with E-state index in [4.69, 9.17) is 11.6 Å². The first-order valence-corrected chi connectivity index (χ1v) is 18.0. The van der Waals surface area contributed by atoms with Gasteiger partial charge in [0.25, 0.3) is 0 Å². The fourth-order valence-corrected chi connectivity index (χ4v) is 7.92. The van der Waals surface area contributed by atoms with Crippen LogP contribution in [-0.4, -0.2) is 78.0 Å². The lowest BCUT2D eigenvalue weighted by molar-refractivity contribution is -0.131. The Morgan fingerprint density at radius 2 is 1.77 bits per heavy atom. The number of thiazole rings is 1. The molecule has 0 aliphatic carbocycles. The van der Waals surface area contributed by atoms with Gasteiger partial charge in [0.05, 0.1) is 27.3 Å². The molecule has 0 spiro atoms. The van der Waals surface area contributed by atoms with Gasteiger partial charge < -0.3 is 15.7 Å². The highest BCUT2D eigenvalue weighted by molar-refractivity contribution is 8.00. The maximum absolute atomic E-state index is 14.0. The molecular formula is C30H41ClN4O5S3. The monoisotopic (exact) mass is 668 g/mol. The lowest BCUT2D eigenvalue weighted by atomic mass is 9.85. The minimum Gasteiger partial charge on any atom is -0.390 e. The van der Waals surface area contributed by atoms with E-state index in [1.807, 2.05) is 71.2 Å². The van der Waals surface area contributed by atoms with Gasteiger partial charge in [-0.15, -0.1) is 22.9 Å². The summed E-state index contributed by atoms with van der Waals surface area (Å²) in [6.07, 6.45) is 0.896. The summed E-state index contributed by atoms with van der Waals surface area (Å²) in [4.78, 5) is 30.3. The number of aromatic nitrogens is 1. The van der Waals surface area contributed by atoms with Gasteiger partial charge in [-0.2, -0.15) is 4.31 Å². The molecule has 1 heterocycles. The summed E-state index contributed by atoms with van der Waals surface area (Å²) in [6.45, 7) is 9.17. The molecule has 0 radical (unpaired) electrons. The maximum Gasteiger partial charge on any atom is 0.243 e. The van der Waals surface area contributed by atoms with Crippen molar-refractivity contribution in [1.82, 2.24) is 19.9 Å². The van der Waals surface area contributed by atoms with Gasteiger partial charge in [-0.05, 0) is 47.8 Å². The van der Waals surface area contributed by atoms with Crippen LogP contribution in [0.2, 0.25) is 0 Å². The van der Waals surface area contributed by atoms with E-state index in [0.717, 1.165) is 20.1 Å². The summed E-state index contributed by atoms with van der Waals surface area (Å²) in [5.41, 5.74) is 0.915. The Morgan fingerprint density at radius 1 is 1.09 bits per heavy atom. The Balaban J connectivity index is 1.94. The molecule has 1 aromatic heterocycles. The van der Waals surface area contributed by atoms with Crippen molar-refractivity contribution in [3.8, 4) is 0 Å². The number of benzene rings is 2. The van der Waals surface area contributed by atoms with Crippen LogP contribution < -0.4 is 10.6 Å². The standard InChI is InChI=1S/C30H41ClN4O5S3/c1-19(2)17-35(43(39,40)21-12-13-22-25(15-21)42-29(33-22)41-6)18-24(36)23(14-20-10-8-7-9-11-20)32-28(38)27(30(3,4)5)34-26(37)16-31/h7-13,15,19,23-24,27,36H,14,16-18H2,1-6H3,(H,32,38)(H,34,37)/t23-,24+,27+/m0/s1. The predicted octanol–water partition coefficient (Wildman–Crippen LogP) is 4.52. The zero-order valence-electron chi connectivity index (χ0n) is 25.3. The third-order valence-electron chi connectivity index (χ3n) is 6.76. The number of amides is 2. The highest BCUT2D eigenvalue weighted by Crippen LogP contribution is 2.31. The number of carbonyl (C=O) groups excluding carboxylic acids is 2. The molecule has 0 saturated heterocycles. The molecule has 236 valence electrons. The number of halogens is 1. The summed E-state index contributed by atoms with van der Waals surface area (Å²) in [6, 6.07) is 12.4. The molecule has 2 amide bonds. The van der Waals surface area contributed by atoms with Crippen LogP contribution in [0.25, 0.3) is 10.2 Å². The summed E-state index contributed by atoms with van der Waals surface area (Å²) < 4.78 is 30.8. The molecule has 3 aromatic rings. The SMILES string of the molecule is CSc1nc2ccc(S(=O)(=O)N(CC(C)C)C[C@@H](O)[C@H](Cc3ccccc3)NC(=O)[C@@H](NC(=O)CCl)C(C)(C)C)cc2s1. The van der Waals surface area contributed by atoms with Gasteiger partial charge in [0.1, 0.15) is 11.9 Å². The number of fused-ring (bicyclic) bond motifs is 1. The molecular weight excluding hydrogens is 628 g/mol. The molecule has 0 saturated carbocycles. The molecule has 0 aliphatic rings. The average Bonchev–Trinajstić information content (AvgIpc) is 3.37. The Hall–Kier alpha value is -2.22. The average molecular weight is 669 g/mol. The molecule has 0 fully saturated rings. The zero-order chi connectivity index (χ0) is 31.9. The molecule has 3 rings (SSSR count). The minimum absolute atomic E-state index is 0.0320. The topological polar surface area (TPSA) is 129 Å². The lowest BCUT2D eigenvalue weighted by Crippen LogP contribution is -2.59. The molecule has 0 aliphatic heterocycles. The second-order valence-corrected chi connectivity index (χ2v) is 16.2.